The molecule has 0 bridgehead atoms. The molecule has 100 valence electrons. The highest BCUT2D eigenvalue weighted by atomic mass is 16.5. The third kappa shape index (κ3) is 4.76. The van der Waals surface area contributed by atoms with E-state index in [0.717, 1.165) is 19.4 Å². The first-order valence-corrected chi connectivity index (χ1v) is 6.94. The Morgan fingerprint density at radius 3 is 2.53 bits per heavy atom. The van der Waals surface area contributed by atoms with E-state index < -0.39 is 0 Å². The lowest BCUT2D eigenvalue weighted by Crippen LogP contribution is -2.41. The van der Waals surface area contributed by atoms with Gasteiger partial charge in [0.05, 0.1) is 13.2 Å². The van der Waals surface area contributed by atoms with Crippen molar-refractivity contribution in [1.29, 1.82) is 0 Å². The third-order valence-electron chi connectivity index (χ3n) is 3.86. The highest BCUT2D eigenvalue weighted by Gasteiger charge is 2.24. The van der Waals surface area contributed by atoms with Crippen molar-refractivity contribution in [2.24, 2.45) is 5.92 Å². The van der Waals surface area contributed by atoms with Gasteiger partial charge in [-0.05, 0) is 26.3 Å². The quantitative estimate of drug-likeness (QED) is 0.686. The summed E-state index contributed by atoms with van der Waals surface area (Å²) in [6.07, 6.45) is 5.98. The van der Waals surface area contributed by atoms with Crippen LogP contribution in [-0.2, 0) is 9.53 Å². The third-order valence-corrected chi connectivity index (χ3v) is 3.86. The van der Waals surface area contributed by atoms with Gasteiger partial charge in [0.15, 0.2) is 0 Å². The molecule has 1 fully saturated rings. The van der Waals surface area contributed by atoms with Gasteiger partial charge < -0.3 is 4.74 Å². The second-order valence-electron chi connectivity index (χ2n) is 5.17. The molecular formula is C14H27NO2. The minimum atomic E-state index is 0.326. The molecule has 1 aliphatic rings. The molecule has 1 atom stereocenters. The van der Waals surface area contributed by atoms with E-state index in [0.29, 0.717) is 30.9 Å². The molecular weight excluding hydrogens is 214 g/mol. The van der Waals surface area contributed by atoms with E-state index in [-0.39, 0.29) is 0 Å². The monoisotopic (exact) mass is 241 g/mol. The number of Topliss-reactive ketones (excluding diaryl/α,β-unsaturated/α-hetero) is 1. The Balaban J connectivity index is 2.40. The van der Waals surface area contributed by atoms with Crippen molar-refractivity contribution in [2.45, 2.75) is 52.0 Å². The van der Waals surface area contributed by atoms with Crippen LogP contribution < -0.4 is 0 Å². The zero-order valence-corrected chi connectivity index (χ0v) is 11.6. The minimum absolute atomic E-state index is 0.326. The van der Waals surface area contributed by atoms with Crippen molar-refractivity contribution in [1.82, 2.24) is 4.90 Å². The lowest BCUT2D eigenvalue weighted by molar-refractivity contribution is -0.125. The standard InChI is InChI=1S/C14H27NO2/c1-4-15(12(2)11-17-3)10-14(16)13-8-6-5-7-9-13/h12-13H,4-11H2,1-3H3. The molecule has 1 aliphatic carbocycles. The molecule has 0 aromatic rings. The predicted molar refractivity (Wildman–Crippen MR) is 70.2 cm³/mol. The lowest BCUT2D eigenvalue weighted by Gasteiger charge is -2.29. The summed E-state index contributed by atoms with van der Waals surface area (Å²) in [4.78, 5) is 14.4. The molecule has 0 aromatic heterocycles. The average molecular weight is 241 g/mol. The van der Waals surface area contributed by atoms with Crippen molar-refractivity contribution in [2.75, 3.05) is 26.8 Å². The molecule has 17 heavy (non-hydrogen) atoms. The second-order valence-corrected chi connectivity index (χ2v) is 5.17. The van der Waals surface area contributed by atoms with E-state index in [1.165, 1.54) is 19.3 Å². The summed E-state index contributed by atoms with van der Waals surface area (Å²) in [5.41, 5.74) is 0. The maximum absolute atomic E-state index is 12.2. The van der Waals surface area contributed by atoms with Gasteiger partial charge in [0.2, 0.25) is 0 Å². The summed E-state index contributed by atoms with van der Waals surface area (Å²) in [5, 5.41) is 0. The summed E-state index contributed by atoms with van der Waals surface area (Å²) in [7, 11) is 1.72. The number of carbonyl (C=O) groups excluding carboxylic acids is 1. The van der Waals surface area contributed by atoms with Crippen molar-refractivity contribution in [3.63, 3.8) is 0 Å². The fourth-order valence-corrected chi connectivity index (χ4v) is 2.68. The van der Waals surface area contributed by atoms with E-state index in [2.05, 4.69) is 18.7 Å². The Morgan fingerprint density at radius 2 is 2.00 bits per heavy atom. The Bertz CT molecular complexity index is 224. The molecule has 3 heteroatoms. The van der Waals surface area contributed by atoms with E-state index in [9.17, 15) is 4.79 Å². The van der Waals surface area contributed by atoms with Crippen molar-refractivity contribution >= 4 is 5.78 Å². The van der Waals surface area contributed by atoms with Gasteiger partial charge in [0.1, 0.15) is 5.78 Å². The molecule has 0 saturated heterocycles. The van der Waals surface area contributed by atoms with Gasteiger partial charge in [-0.25, -0.2) is 0 Å². The van der Waals surface area contributed by atoms with Gasteiger partial charge in [-0.15, -0.1) is 0 Å². The van der Waals surface area contributed by atoms with E-state index in [1.54, 1.807) is 7.11 Å². The largest absolute Gasteiger partial charge is 0.383 e. The van der Waals surface area contributed by atoms with Gasteiger partial charge in [0, 0.05) is 19.1 Å². The fourth-order valence-electron chi connectivity index (χ4n) is 2.68. The van der Waals surface area contributed by atoms with E-state index >= 15 is 0 Å². The first-order chi connectivity index (χ1) is 8.19. The van der Waals surface area contributed by atoms with Gasteiger partial charge in [-0.3, -0.25) is 9.69 Å². The van der Waals surface area contributed by atoms with Crippen LogP contribution in [0.1, 0.15) is 46.0 Å². The van der Waals surface area contributed by atoms with Gasteiger partial charge in [-0.2, -0.15) is 0 Å². The normalized spacial score (nSPS) is 19.5. The SMILES string of the molecule is CCN(CC(=O)C1CCCCC1)C(C)COC. The lowest BCUT2D eigenvalue weighted by atomic mass is 9.86. The molecule has 3 nitrogen and oxygen atoms in total. The molecule has 0 amide bonds. The Kier molecular flexibility index (Phi) is 6.75. The maximum atomic E-state index is 12.2. The van der Waals surface area contributed by atoms with Crippen LogP contribution >= 0.6 is 0 Å². The highest BCUT2D eigenvalue weighted by molar-refractivity contribution is 5.83. The Hall–Kier alpha value is -0.410. The first-order valence-electron chi connectivity index (χ1n) is 6.94. The summed E-state index contributed by atoms with van der Waals surface area (Å²) in [5.74, 6) is 0.766. The molecule has 1 rings (SSSR count). The number of likely N-dealkylation sites (N-methyl/N-ethyl adjacent to an activating group) is 1. The first kappa shape index (κ1) is 14.7. The van der Waals surface area contributed by atoms with Crippen molar-refractivity contribution in [3.8, 4) is 0 Å². The van der Waals surface area contributed by atoms with Crippen molar-refractivity contribution < 1.29 is 9.53 Å². The summed E-state index contributed by atoms with van der Waals surface area (Å²) >= 11 is 0. The predicted octanol–water partition coefficient (Wildman–Crippen LogP) is 2.49. The van der Waals surface area contributed by atoms with E-state index in [4.69, 9.17) is 4.74 Å². The maximum Gasteiger partial charge on any atom is 0.149 e. The summed E-state index contributed by atoms with van der Waals surface area (Å²) < 4.78 is 5.16. The molecule has 0 aliphatic heterocycles. The second kappa shape index (κ2) is 7.83. The number of methoxy groups -OCH3 is 1. The molecule has 0 heterocycles. The molecule has 0 spiro atoms. The summed E-state index contributed by atoms with van der Waals surface area (Å²) in [6.45, 7) is 6.46. The smallest absolute Gasteiger partial charge is 0.149 e. The number of nitrogens with zero attached hydrogens (tertiary/aromatic N) is 1. The number of ether oxygens (including phenoxy) is 1. The van der Waals surface area contributed by atoms with Crippen LogP contribution in [0.2, 0.25) is 0 Å². The topological polar surface area (TPSA) is 29.5 Å². The van der Waals surface area contributed by atoms with Crippen LogP contribution in [0.25, 0.3) is 0 Å². The van der Waals surface area contributed by atoms with Crippen LogP contribution in [0.4, 0.5) is 0 Å². The molecule has 1 saturated carbocycles. The molecule has 0 radical (unpaired) electrons. The van der Waals surface area contributed by atoms with Gasteiger partial charge >= 0.3 is 0 Å². The zero-order chi connectivity index (χ0) is 12.7. The number of hydrogen-bond acceptors (Lipinski definition) is 3. The van der Waals surface area contributed by atoms with Crippen molar-refractivity contribution in [3.05, 3.63) is 0 Å². The highest BCUT2D eigenvalue weighted by Crippen LogP contribution is 2.24. The molecule has 1 unspecified atom stereocenters. The Morgan fingerprint density at radius 1 is 1.35 bits per heavy atom. The van der Waals surface area contributed by atoms with Crippen LogP contribution in [0.15, 0.2) is 0 Å². The van der Waals surface area contributed by atoms with Gasteiger partial charge in [0.25, 0.3) is 0 Å². The fraction of sp³-hybridized carbons (Fsp3) is 0.929. The Labute approximate surface area is 106 Å². The molecule has 0 aromatic carbocycles. The number of ketones is 1. The van der Waals surface area contributed by atoms with E-state index in [1.807, 2.05) is 0 Å². The number of carbonyl (C=O) groups is 1. The average Bonchev–Trinajstić information content (AvgIpc) is 2.37. The summed E-state index contributed by atoms with van der Waals surface area (Å²) in [6, 6.07) is 0.331. The minimum Gasteiger partial charge on any atom is -0.383 e. The molecule has 0 N–H and O–H groups in total. The van der Waals surface area contributed by atoms with Crippen LogP contribution in [-0.4, -0.2) is 43.5 Å². The van der Waals surface area contributed by atoms with Gasteiger partial charge in [-0.1, -0.05) is 26.2 Å². The van der Waals surface area contributed by atoms with Crippen LogP contribution in [0.3, 0.4) is 0 Å². The number of rotatable bonds is 7. The van der Waals surface area contributed by atoms with Crippen LogP contribution in [0.5, 0.6) is 0 Å². The zero-order valence-electron chi connectivity index (χ0n) is 11.6. The van der Waals surface area contributed by atoms with Crippen LogP contribution in [0, 0.1) is 5.92 Å². The number of hydrogen-bond donors (Lipinski definition) is 0.